The smallest absolute Gasteiger partial charge is 0.229 e. The molecule has 0 bridgehead atoms. The van der Waals surface area contributed by atoms with Gasteiger partial charge in [-0.1, -0.05) is 30.3 Å². The number of ether oxygens (including phenoxy) is 1. The first kappa shape index (κ1) is 17.4. The number of rotatable bonds is 4. The average molecular weight is 385 g/mol. The fourth-order valence-electron chi connectivity index (χ4n) is 3.71. The summed E-state index contributed by atoms with van der Waals surface area (Å²) in [6, 6.07) is 17.5. The van der Waals surface area contributed by atoms with Crippen molar-refractivity contribution in [1.82, 2.24) is 0 Å². The summed E-state index contributed by atoms with van der Waals surface area (Å²) in [6.07, 6.45) is 1.85. The van der Waals surface area contributed by atoms with Crippen molar-refractivity contribution in [1.29, 1.82) is 0 Å². The first-order chi connectivity index (χ1) is 14.1. The van der Waals surface area contributed by atoms with Crippen LogP contribution in [0, 0.1) is 6.92 Å². The van der Waals surface area contributed by atoms with Crippen LogP contribution in [0.25, 0.3) is 32.9 Å². The normalized spacial score (nSPS) is 11.4. The lowest BCUT2D eigenvalue weighted by molar-refractivity contribution is -0.115. The number of amides is 1. The Labute approximate surface area is 166 Å². The van der Waals surface area contributed by atoms with Gasteiger partial charge in [-0.15, -0.1) is 0 Å². The molecule has 0 atom stereocenters. The van der Waals surface area contributed by atoms with E-state index >= 15 is 0 Å². The van der Waals surface area contributed by atoms with E-state index in [0.29, 0.717) is 17.0 Å². The van der Waals surface area contributed by atoms with Gasteiger partial charge < -0.3 is 18.9 Å². The monoisotopic (exact) mass is 385 g/mol. The zero-order valence-electron chi connectivity index (χ0n) is 16.1. The minimum absolute atomic E-state index is 0.151. The number of carbonyl (C=O) groups is 1. The first-order valence-corrected chi connectivity index (χ1v) is 9.38. The van der Waals surface area contributed by atoms with Gasteiger partial charge in [-0.25, -0.2) is 0 Å². The van der Waals surface area contributed by atoms with Crippen molar-refractivity contribution in [3.8, 4) is 5.75 Å². The number of carbonyl (C=O) groups excluding carboxylic acids is 1. The average Bonchev–Trinajstić information content (AvgIpc) is 3.27. The third-order valence-electron chi connectivity index (χ3n) is 5.14. The van der Waals surface area contributed by atoms with Crippen LogP contribution in [0.5, 0.6) is 5.75 Å². The van der Waals surface area contributed by atoms with E-state index in [0.717, 1.165) is 38.5 Å². The van der Waals surface area contributed by atoms with E-state index in [2.05, 4.69) is 5.32 Å². The topological polar surface area (TPSA) is 64.6 Å². The number of hydrogen-bond donors (Lipinski definition) is 1. The number of para-hydroxylation sites is 1. The van der Waals surface area contributed by atoms with Gasteiger partial charge in [0.05, 0.1) is 25.5 Å². The number of furan rings is 2. The van der Waals surface area contributed by atoms with Gasteiger partial charge in [0.2, 0.25) is 5.91 Å². The van der Waals surface area contributed by atoms with Crippen LogP contribution >= 0.6 is 0 Å². The quantitative estimate of drug-likeness (QED) is 0.423. The third-order valence-corrected chi connectivity index (χ3v) is 5.14. The van der Waals surface area contributed by atoms with Crippen LogP contribution in [0.15, 0.2) is 69.7 Å². The second-order valence-electron chi connectivity index (χ2n) is 7.13. The molecule has 2 heterocycles. The Morgan fingerprint density at radius 1 is 0.966 bits per heavy atom. The Bertz CT molecular complexity index is 1380. The molecule has 3 aromatic carbocycles. The van der Waals surface area contributed by atoms with Gasteiger partial charge in [0.15, 0.2) is 0 Å². The lowest BCUT2D eigenvalue weighted by Crippen LogP contribution is -2.14. The van der Waals surface area contributed by atoms with E-state index in [4.69, 9.17) is 13.6 Å². The fourth-order valence-corrected chi connectivity index (χ4v) is 3.71. The molecule has 5 heteroatoms. The number of hydrogen-bond acceptors (Lipinski definition) is 4. The summed E-state index contributed by atoms with van der Waals surface area (Å²) in [7, 11) is 1.59. The van der Waals surface area contributed by atoms with Gasteiger partial charge in [0.1, 0.15) is 22.5 Å². The molecule has 0 spiro atoms. The molecule has 5 rings (SSSR count). The maximum Gasteiger partial charge on any atom is 0.229 e. The summed E-state index contributed by atoms with van der Waals surface area (Å²) in [5.74, 6) is 0.437. The highest BCUT2D eigenvalue weighted by atomic mass is 16.5. The van der Waals surface area contributed by atoms with Crippen LogP contribution in [-0.2, 0) is 11.2 Å². The van der Waals surface area contributed by atoms with Crippen LogP contribution in [0.1, 0.15) is 11.1 Å². The highest BCUT2D eigenvalue weighted by molar-refractivity contribution is 6.08. The van der Waals surface area contributed by atoms with Crippen molar-refractivity contribution in [2.75, 3.05) is 12.4 Å². The molecule has 0 radical (unpaired) electrons. The largest absolute Gasteiger partial charge is 0.495 e. The number of methoxy groups -OCH3 is 1. The third kappa shape index (κ3) is 3.01. The predicted molar refractivity (Wildman–Crippen MR) is 114 cm³/mol. The predicted octanol–water partition coefficient (Wildman–Crippen LogP) is 5.83. The van der Waals surface area contributed by atoms with Crippen molar-refractivity contribution < 1.29 is 18.4 Å². The summed E-state index contributed by atoms with van der Waals surface area (Å²) < 4.78 is 17.0. The summed E-state index contributed by atoms with van der Waals surface area (Å²) in [4.78, 5) is 12.7. The van der Waals surface area contributed by atoms with Crippen molar-refractivity contribution in [3.63, 3.8) is 0 Å². The van der Waals surface area contributed by atoms with Crippen molar-refractivity contribution in [3.05, 3.63) is 72.0 Å². The van der Waals surface area contributed by atoms with Gasteiger partial charge in [0, 0.05) is 27.8 Å². The number of anilines is 1. The maximum atomic E-state index is 12.7. The second kappa shape index (κ2) is 6.71. The highest BCUT2D eigenvalue weighted by Gasteiger charge is 2.16. The lowest BCUT2D eigenvalue weighted by Gasteiger charge is -2.10. The second-order valence-corrected chi connectivity index (χ2v) is 7.13. The number of nitrogens with one attached hydrogen (secondary N) is 1. The molecule has 0 saturated carbocycles. The molecule has 0 fully saturated rings. The van der Waals surface area contributed by atoms with Crippen molar-refractivity contribution >= 4 is 44.5 Å². The molecule has 29 heavy (non-hydrogen) atoms. The Balaban J connectivity index is 1.46. The highest BCUT2D eigenvalue weighted by Crippen LogP contribution is 2.36. The standard InChI is InChI=1S/C24H19NO4/c1-14-7-8-16-15(13-28-21(16)9-14)10-24(26)25-19-12-22-18(11-23(19)27-2)17-5-3-4-6-20(17)29-22/h3-9,11-13H,10H2,1-2H3,(H,25,26). The Morgan fingerprint density at radius 2 is 1.83 bits per heavy atom. The molecule has 144 valence electrons. The molecule has 0 unspecified atom stereocenters. The number of aryl methyl sites for hydroxylation is 1. The van der Waals surface area contributed by atoms with E-state index < -0.39 is 0 Å². The molecule has 2 aromatic heterocycles. The first-order valence-electron chi connectivity index (χ1n) is 9.38. The molecule has 5 nitrogen and oxygen atoms in total. The van der Waals surface area contributed by atoms with Gasteiger partial charge in [-0.3, -0.25) is 4.79 Å². The summed E-state index contributed by atoms with van der Waals surface area (Å²) in [6.45, 7) is 2.01. The van der Waals surface area contributed by atoms with Crippen LogP contribution in [-0.4, -0.2) is 13.0 Å². The lowest BCUT2D eigenvalue weighted by atomic mass is 10.1. The van der Waals surface area contributed by atoms with Gasteiger partial charge in [0.25, 0.3) is 0 Å². The molecule has 1 N–H and O–H groups in total. The summed E-state index contributed by atoms with van der Waals surface area (Å²) in [5.41, 5.74) is 4.83. The van der Waals surface area contributed by atoms with Crippen LogP contribution in [0.4, 0.5) is 5.69 Å². The molecule has 1 amide bonds. The zero-order chi connectivity index (χ0) is 20.0. The maximum absolute atomic E-state index is 12.7. The number of benzene rings is 3. The molecule has 0 aliphatic rings. The van der Waals surface area contributed by atoms with E-state index in [1.165, 1.54) is 0 Å². The van der Waals surface area contributed by atoms with Crippen LogP contribution < -0.4 is 10.1 Å². The molecular weight excluding hydrogens is 366 g/mol. The summed E-state index contributed by atoms with van der Waals surface area (Å²) >= 11 is 0. The van der Waals surface area contributed by atoms with E-state index in [9.17, 15) is 4.79 Å². The molecule has 0 aliphatic heterocycles. The van der Waals surface area contributed by atoms with Crippen LogP contribution in [0.2, 0.25) is 0 Å². The van der Waals surface area contributed by atoms with Crippen molar-refractivity contribution in [2.24, 2.45) is 0 Å². The molecular formula is C24H19NO4. The van der Waals surface area contributed by atoms with E-state index in [1.54, 1.807) is 13.4 Å². The minimum atomic E-state index is -0.151. The molecule has 0 saturated heterocycles. The molecule has 0 aliphatic carbocycles. The van der Waals surface area contributed by atoms with Gasteiger partial charge in [-0.05, 0) is 30.7 Å². The van der Waals surface area contributed by atoms with Gasteiger partial charge >= 0.3 is 0 Å². The Hall–Kier alpha value is -3.73. The van der Waals surface area contributed by atoms with Gasteiger partial charge in [-0.2, -0.15) is 0 Å². The fraction of sp³-hybridized carbons (Fsp3) is 0.125. The Morgan fingerprint density at radius 3 is 2.69 bits per heavy atom. The van der Waals surface area contributed by atoms with Crippen molar-refractivity contribution in [2.45, 2.75) is 13.3 Å². The minimum Gasteiger partial charge on any atom is -0.495 e. The van der Waals surface area contributed by atoms with E-state index in [1.807, 2.05) is 61.5 Å². The summed E-state index contributed by atoms with van der Waals surface area (Å²) in [5, 5.41) is 5.86. The Kier molecular flexibility index (Phi) is 4.02. The molecule has 5 aromatic rings. The SMILES string of the molecule is COc1cc2c(cc1NC(=O)Cc1coc3cc(C)ccc13)oc1ccccc12. The van der Waals surface area contributed by atoms with Crippen LogP contribution in [0.3, 0.4) is 0 Å². The number of fused-ring (bicyclic) bond motifs is 4. The van der Waals surface area contributed by atoms with E-state index in [-0.39, 0.29) is 12.3 Å². The zero-order valence-corrected chi connectivity index (χ0v) is 16.1.